The van der Waals surface area contributed by atoms with E-state index < -0.39 is 0 Å². The van der Waals surface area contributed by atoms with Crippen molar-refractivity contribution >= 4 is 5.91 Å². The van der Waals surface area contributed by atoms with Crippen LogP contribution in [0.25, 0.3) is 11.3 Å². The van der Waals surface area contributed by atoms with E-state index in [0.717, 1.165) is 30.8 Å². The third kappa shape index (κ3) is 2.95. The van der Waals surface area contributed by atoms with Gasteiger partial charge in [-0.05, 0) is 12.0 Å². The number of carbonyl (C=O) groups excluding carboxylic acids is 1. The predicted molar refractivity (Wildman–Crippen MR) is 98.3 cm³/mol. The lowest BCUT2D eigenvalue weighted by molar-refractivity contribution is 0.0791. The molecule has 1 fully saturated rings. The minimum atomic E-state index is 0.0744. The number of aromatic nitrogens is 2. The molecule has 2 heterocycles. The van der Waals surface area contributed by atoms with Crippen LogP contribution in [0.3, 0.4) is 0 Å². The Balaban J connectivity index is 1.59. The smallest absolute Gasteiger partial charge is 0.257 e. The summed E-state index contributed by atoms with van der Waals surface area (Å²) in [6.45, 7) is 1.56. The highest BCUT2D eigenvalue weighted by Crippen LogP contribution is 2.30. The fourth-order valence-electron chi connectivity index (χ4n) is 3.64. The van der Waals surface area contributed by atoms with Crippen molar-refractivity contribution in [1.29, 1.82) is 0 Å². The maximum atomic E-state index is 13.1. The van der Waals surface area contributed by atoms with Gasteiger partial charge in [0.05, 0.1) is 17.5 Å². The summed E-state index contributed by atoms with van der Waals surface area (Å²) in [5.41, 5.74) is 3.90. The number of likely N-dealkylation sites (tertiary alicyclic amines) is 1. The van der Waals surface area contributed by atoms with Gasteiger partial charge in [0.25, 0.3) is 5.91 Å². The average molecular weight is 331 g/mol. The van der Waals surface area contributed by atoms with E-state index in [-0.39, 0.29) is 5.91 Å². The van der Waals surface area contributed by atoms with Gasteiger partial charge in [0.2, 0.25) is 0 Å². The molecule has 1 amide bonds. The first-order valence-electron chi connectivity index (χ1n) is 8.65. The number of rotatable bonds is 3. The second-order valence-corrected chi connectivity index (χ2v) is 6.54. The Morgan fingerprint density at radius 2 is 1.72 bits per heavy atom. The summed E-state index contributed by atoms with van der Waals surface area (Å²) in [4.78, 5) is 15.1. The summed E-state index contributed by atoms with van der Waals surface area (Å²) in [5.74, 6) is 0.493. The molecule has 4 heteroatoms. The van der Waals surface area contributed by atoms with Crippen molar-refractivity contribution in [1.82, 2.24) is 14.7 Å². The average Bonchev–Trinajstić information content (AvgIpc) is 3.30. The quantitative estimate of drug-likeness (QED) is 0.734. The second-order valence-electron chi connectivity index (χ2n) is 6.54. The van der Waals surface area contributed by atoms with Gasteiger partial charge in [-0.2, -0.15) is 5.10 Å². The van der Waals surface area contributed by atoms with Gasteiger partial charge in [0.15, 0.2) is 0 Å². The zero-order chi connectivity index (χ0) is 17.2. The predicted octanol–water partition coefficient (Wildman–Crippen LogP) is 3.72. The van der Waals surface area contributed by atoms with Crippen molar-refractivity contribution in [3.63, 3.8) is 0 Å². The van der Waals surface area contributed by atoms with Gasteiger partial charge in [0.1, 0.15) is 0 Å². The van der Waals surface area contributed by atoms with Crippen LogP contribution in [0.4, 0.5) is 0 Å². The van der Waals surface area contributed by atoms with E-state index in [2.05, 4.69) is 29.4 Å². The summed E-state index contributed by atoms with van der Waals surface area (Å²) < 4.78 is 1.79. The Labute approximate surface area is 147 Å². The molecule has 0 spiro atoms. The van der Waals surface area contributed by atoms with Crippen LogP contribution in [0.1, 0.15) is 28.3 Å². The van der Waals surface area contributed by atoms with Crippen molar-refractivity contribution in [2.75, 3.05) is 13.1 Å². The van der Waals surface area contributed by atoms with Crippen molar-refractivity contribution in [3.8, 4) is 11.3 Å². The number of hydrogen-bond acceptors (Lipinski definition) is 2. The molecule has 1 atom stereocenters. The van der Waals surface area contributed by atoms with Gasteiger partial charge in [-0.1, -0.05) is 60.7 Å². The molecule has 0 N–H and O–H groups in total. The van der Waals surface area contributed by atoms with E-state index in [1.165, 1.54) is 5.56 Å². The number of amides is 1. The number of nitrogens with zero attached hydrogens (tertiary/aromatic N) is 3. The largest absolute Gasteiger partial charge is 0.338 e. The SMILES string of the molecule is Cn1ncc(C(=O)N2CCC(c3ccccc3)C2)c1-c1ccccc1. The minimum Gasteiger partial charge on any atom is -0.338 e. The highest BCUT2D eigenvalue weighted by molar-refractivity contribution is 6.00. The lowest BCUT2D eigenvalue weighted by Crippen LogP contribution is -2.28. The third-order valence-electron chi connectivity index (χ3n) is 4.96. The monoisotopic (exact) mass is 331 g/mol. The third-order valence-corrected chi connectivity index (χ3v) is 4.96. The summed E-state index contributed by atoms with van der Waals surface area (Å²) in [5, 5.41) is 4.33. The summed E-state index contributed by atoms with van der Waals surface area (Å²) in [7, 11) is 1.88. The van der Waals surface area contributed by atoms with Crippen LogP contribution in [0.2, 0.25) is 0 Å². The Morgan fingerprint density at radius 1 is 1.04 bits per heavy atom. The van der Waals surface area contributed by atoms with Crippen LogP contribution in [0, 0.1) is 0 Å². The van der Waals surface area contributed by atoms with Gasteiger partial charge >= 0.3 is 0 Å². The molecule has 4 rings (SSSR count). The molecule has 2 aromatic carbocycles. The molecule has 4 nitrogen and oxygen atoms in total. The van der Waals surface area contributed by atoms with Gasteiger partial charge < -0.3 is 4.90 Å². The number of hydrogen-bond donors (Lipinski definition) is 0. The number of aryl methyl sites for hydroxylation is 1. The zero-order valence-corrected chi connectivity index (χ0v) is 14.3. The molecule has 3 aromatic rings. The van der Waals surface area contributed by atoms with Crippen LogP contribution in [-0.2, 0) is 7.05 Å². The Bertz CT molecular complexity index is 871. The Hall–Kier alpha value is -2.88. The molecule has 1 aliphatic rings. The van der Waals surface area contributed by atoms with E-state index in [9.17, 15) is 4.79 Å². The van der Waals surface area contributed by atoms with E-state index in [0.29, 0.717) is 11.5 Å². The molecule has 0 radical (unpaired) electrons. The van der Waals surface area contributed by atoms with Crippen LogP contribution < -0.4 is 0 Å². The topological polar surface area (TPSA) is 38.1 Å². The molecule has 1 aromatic heterocycles. The van der Waals surface area contributed by atoms with Crippen LogP contribution in [0.15, 0.2) is 66.9 Å². The molecular formula is C21H21N3O. The van der Waals surface area contributed by atoms with E-state index >= 15 is 0 Å². The van der Waals surface area contributed by atoms with E-state index in [1.54, 1.807) is 10.9 Å². The first-order chi connectivity index (χ1) is 12.2. The lowest BCUT2D eigenvalue weighted by atomic mass is 9.99. The fourth-order valence-corrected chi connectivity index (χ4v) is 3.64. The highest BCUT2D eigenvalue weighted by Gasteiger charge is 2.30. The molecular weight excluding hydrogens is 310 g/mol. The van der Waals surface area contributed by atoms with Gasteiger partial charge in [0, 0.05) is 31.6 Å². The van der Waals surface area contributed by atoms with E-state index in [4.69, 9.17) is 0 Å². The van der Waals surface area contributed by atoms with E-state index in [1.807, 2.05) is 48.3 Å². The molecule has 25 heavy (non-hydrogen) atoms. The summed E-state index contributed by atoms with van der Waals surface area (Å²) in [6, 6.07) is 20.4. The number of carbonyl (C=O) groups is 1. The standard InChI is InChI=1S/C21H21N3O/c1-23-20(17-10-6-3-7-11-17)19(14-22-23)21(25)24-13-12-18(15-24)16-8-4-2-5-9-16/h2-11,14,18H,12-13,15H2,1H3. The summed E-state index contributed by atoms with van der Waals surface area (Å²) >= 11 is 0. The molecule has 1 unspecified atom stereocenters. The first-order valence-corrected chi connectivity index (χ1v) is 8.65. The minimum absolute atomic E-state index is 0.0744. The van der Waals surface area contributed by atoms with Gasteiger partial charge in [-0.25, -0.2) is 0 Å². The molecule has 0 saturated carbocycles. The highest BCUT2D eigenvalue weighted by atomic mass is 16.2. The fraction of sp³-hybridized carbons (Fsp3) is 0.238. The molecule has 0 bridgehead atoms. The lowest BCUT2D eigenvalue weighted by Gasteiger charge is -2.17. The Morgan fingerprint density at radius 3 is 2.44 bits per heavy atom. The molecule has 1 saturated heterocycles. The van der Waals surface area contributed by atoms with Crippen LogP contribution >= 0.6 is 0 Å². The normalized spacial score (nSPS) is 17.0. The number of benzene rings is 2. The zero-order valence-electron chi connectivity index (χ0n) is 14.3. The van der Waals surface area contributed by atoms with Gasteiger partial charge in [-0.3, -0.25) is 9.48 Å². The van der Waals surface area contributed by atoms with Crippen molar-refractivity contribution < 1.29 is 4.79 Å². The molecule has 126 valence electrons. The maximum Gasteiger partial charge on any atom is 0.257 e. The van der Waals surface area contributed by atoms with Gasteiger partial charge in [-0.15, -0.1) is 0 Å². The molecule has 0 aliphatic carbocycles. The van der Waals surface area contributed by atoms with Crippen LogP contribution in [0.5, 0.6) is 0 Å². The van der Waals surface area contributed by atoms with Crippen molar-refractivity contribution in [2.24, 2.45) is 7.05 Å². The van der Waals surface area contributed by atoms with Crippen LogP contribution in [-0.4, -0.2) is 33.7 Å². The molecule has 1 aliphatic heterocycles. The maximum absolute atomic E-state index is 13.1. The second kappa shape index (κ2) is 6.55. The Kier molecular flexibility index (Phi) is 4.10. The van der Waals surface area contributed by atoms with Crippen molar-refractivity contribution in [2.45, 2.75) is 12.3 Å². The van der Waals surface area contributed by atoms with Crippen molar-refractivity contribution in [3.05, 3.63) is 78.0 Å². The summed E-state index contributed by atoms with van der Waals surface area (Å²) in [6.07, 6.45) is 2.71. The first kappa shape index (κ1) is 15.6.